The van der Waals surface area contributed by atoms with Gasteiger partial charge in [-0.25, -0.2) is 8.37 Å². The topological polar surface area (TPSA) is 145 Å². The largest absolute Gasteiger partial charge is 0.465 e. The lowest BCUT2D eigenvalue weighted by molar-refractivity contribution is -0.663. The van der Waals surface area contributed by atoms with Crippen molar-refractivity contribution < 1.29 is 41.2 Å². The van der Waals surface area contributed by atoms with Crippen molar-refractivity contribution in [3.8, 4) is 0 Å². The minimum absolute atomic E-state index is 0.107. The number of nitrogens with two attached hydrogens (primary N) is 1. The molecule has 0 spiro atoms. The fourth-order valence-electron chi connectivity index (χ4n) is 5.88. The van der Waals surface area contributed by atoms with Crippen molar-refractivity contribution in [1.82, 2.24) is 10.2 Å². The van der Waals surface area contributed by atoms with Crippen molar-refractivity contribution in [3.05, 3.63) is 0 Å². The Hall–Kier alpha value is -1.76. The standard InChI is InChI=1S/C23H37N3O8S/c1-2-32-22(29)23(10-4-3-5-11-23)15-33-35(30,31)34-19-16-6-7-18(26(14-16)21(19)28)20(27)25-17-8-12-24-13-9-17/h16-19,24H,2-15H2,1H3,(H,25,27)/p+1/t16-,18+,19?/m1/s1. The van der Waals surface area contributed by atoms with E-state index in [1.807, 2.05) is 0 Å². The highest BCUT2D eigenvalue weighted by molar-refractivity contribution is 7.81. The second-order valence-electron chi connectivity index (χ2n) is 10.2. The predicted octanol–water partition coefficient (Wildman–Crippen LogP) is -0.391. The van der Waals surface area contributed by atoms with Crippen LogP contribution >= 0.6 is 0 Å². The summed E-state index contributed by atoms with van der Waals surface area (Å²) in [7, 11) is -4.54. The van der Waals surface area contributed by atoms with Crippen molar-refractivity contribution in [1.29, 1.82) is 0 Å². The van der Waals surface area contributed by atoms with Gasteiger partial charge in [-0.1, -0.05) is 19.3 Å². The Bertz CT molecular complexity index is 898. The molecule has 0 aromatic carbocycles. The highest BCUT2D eigenvalue weighted by Gasteiger charge is 2.52. The fraction of sp³-hybridized carbons (Fsp3) is 0.870. The molecular weight excluding hydrogens is 478 g/mol. The maximum Gasteiger partial charge on any atom is 0.400 e. The van der Waals surface area contributed by atoms with Crippen LogP contribution in [0.15, 0.2) is 0 Å². The highest BCUT2D eigenvalue weighted by Crippen LogP contribution is 2.39. The van der Waals surface area contributed by atoms with Gasteiger partial charge in [0.25, 0.3) is 5.91 Å². The van der Waals surface area contributed by atoms with Crippen LogP contribution in [-0.2, 0) is 37.9 Å². The monoisotopic (exact) mass is 516 g/mol. The summed E-state index contributed by atoms with van der Waals surface area (Å²) in [6.45, 7) is 3.74. The number of rotatable bonds is 9. The van der Waals surface area contributed by atoms with Crippen LogP contribution in [0.3, 0.4) is 0 Å². The highest BCUT2D eigenvalue weighted by atomic mass is 32.3. The maximum atomic E-state index is 13.1. The van der Waals surface area contributed by atoms with E-state index in [4.69, 9.17) is 13.1 Å². The van der Waals surface area contributed by atoms with E-state index >= 15 is 0 Å². The van der Waals surface area contributed by atoms with E-state index in [1.54, 1.807) is 6.92 Å². The van der Waals surface area contributed by atoms with Gasteiger partial charge in [-0.3, -0.25) is 14.4 Å². The summed E-state index contributed by atoms with van der Waals surface area (Å²) in [6, 6.07) is -0.508. The summed E-state index contributed by atoms with van der Waals surface area (Å²) < 4.78 is 41.0. The zero-order valence-corrected chi connectivity index (χ0v) is 21.2. The Morgan fingerprint density at radius 3 is 2.51 bits per heavy atom. The predicted molar refractivity (Wildman–Crippen MR) is 123 cm³/mol. The number of nitrogens with one attached hydrogen (secondary N) is 1. The van der Waals surface area contributed by atoms with Crippen molar-refractivity contribution in [2.24, 2.45) is 11.3 Å². The van der Waals surface area contributed by atoms with Crippen molar-refractivity contribution in [2.45, 2.75) is 82.9 Å². The number of esters is 1. The fourth-order valence-corrected chi connectivity index (χ4v) is 6.79. The average molecular weight is 517 g/mol. The van der Waals surface area contributed by atoms with E-state index in [1.165, 1.54) is 4.90 Å². The summed E-state index contributed by atoms with van der Waals surface area (Å²) in [6.07, 6.45) is 5.03. The number of fused-ring (bicyclic) bond motifs is 2. The van der Waals surface area contributed by atoms with E-state index in [2.05, 4.69) is 10.6 Å². The van der Waals surface area contributed by atoms with Gasteiger partial charge in [0.05, 0.1) is 31.7 Å². The van der Waals surface area contributed by atoms with Crippen LogP contribution < -0.4 is 10.6 Å². The number of carbonyl (C=O) groups excluding carboxylic acids is 3. The molecule has 2 bridgehead atoms. The number of hydrogen-bond donors (Lipinski definition) is 2. The molecule has 3 saturated heterocycles. The maximum absolute atomic E-state index is 13.1. The second kappa shape index (κ2) is 11.1. The van der Waals surface area contributed by atoms with Gasteiger partial charge in [0.15, 0.2) is 6.10 Å². The molecule has 1 aliphatic carbocycles. The van der Waals surface area contributed by atoms with Crippen LogP contribution in [0.1, 0.15) is 64.7 Å². The third kappa shape index (κ3) is 5.98. The van der Waals surface area contributed by atoms with Gasteiger partial charge in [-0.05, 0) is 32.6 Å². The molecule has 1 unspecified atom stereocenters. The van der Waals surface area contributed by atoms with Crippen LogP contribution in [0.5, 0.6) is 0 Å². The van der Waals surface area contributed by atoms with E-state index in [-0.39, 0.29) is 37.6 Å². The first-order valence-corrected chi connectivity index (χ1v) is 14.3. The summed E-state index contributed by atoms with van der Waals surface area (Å²) in [5.74, 6) is -1.48. The Kier molecular flexibility index (Phi) is 8.34. The number of amides is 2. The minimum Gasteiger partial charge on any atom is -0.465 e. The molecule has 1 saturated carbocycles. The number of quaternary nitrogens is 1. The lowest BCUT2D eigenvalue weighted by Gasteiger charge is -2.34. The van der Waals surface area contributed by atoms with Crippen molar-refractivity contribution in [3.63, 3.8) is 0 Å². The van der Waals surface area contributed by atoms with Gasteiger partial charge in [0.2, 0.25) is 5.91 Å². The number of ether oxygens (including phenoxy) is 1. The molecule has 3 N–H and O–H groups in total. The van der Waals surface area contributed by atoms with Crippen LogP contribution in [-0.4, -0.2) is 82.1 Å². The van der Waals surface area contributed by atoms with Gasteiger partial charge in [-0.2, -0.15) is 8.42 Å². The van der Waals surface area contributed by atoms with E-state index in [0.717, 1.165) is 45.2 Å². The first-order valence-electron chi connectivity index (χ1n) is 12.9. The smallest absolute Gasteiger partial charge is 0.400 e. The molecule has 3 heterocycles. The molecule has 35 heavy (non-hydrogen) atoms. The van der Waals surface area contributed by atoms with Gasteiger partial charge >= 0.3 is 16.4 Å². The van der Waals surface area contributed by atoms with Crippen molar-refractivity contribution >= 4 is 28.2 Å². The van der Waals surface area contributed by atoms with E-state index in [9.17, 15) is 22.8 Å². The average Bonchev–Trinajstić information content (AvgIpc) is 3.08. The van der Waals surface area contributed by atoms with Crippen LogP contribution in [0.25, 0.3) is 0 Å². The van der Waals surface area contributed by atoms with Crippen LogP contribution in [0.4, 0.5) is 0 Å². The molecule has 0 radical (unpaired) electrons. The Labute approximate surface area is 206 Å². The number of nitrogens with zero attached hydrogens (tertiary/aromatic N) is 1. The van der Waals surface area contributed by atoms with Crippen LogP contribution in [0.2, 0.25) is 0 Å². The molecule has 198 valence electrons. The quantitative estimate of drug-likeness (QED) is 0.394. The molecule has 0 aromatic rings. The van der Waals surface area contributed by atoms with Gasteiger partial charge in [0, 0.05) is 31.3 Å². The summed E-state index contributed by atoms with van der Waals surface area (Å²) >= 11 is 0. The van der Waals surface area contributed by atoms with E-state index < -0.39 is 39.8 Å². The molecule has 4 fully saturated rings. The third-order valence-electron chi connectivity index (χ3n) is 7.88. The molecule has 3 aliphatic heterocycles. The summed E-state index contributed by atoms with van der Waals surface area (Å²) in [4.78, 5) is 40.0. The molecule has 11 nitrogen and oxygen atoms in total. The normalized spacial score (nSPS) is 29.1. The zero-order chi connectivity index (χ0) is 25.1. The Balaban J connectivity index is 1.36. The number of hydrogen-bond acceptors (Lipinski definition) is 8. The van der Waals surface area contributed by atoms with Crippen molar-refractivity contribution in [2.75, 3.05) is 32.8 Å². The lowest BCUT2D eigenvalue weighted by Crippen LogP contribution is -2.87. The van der Waals surface area contributed by atoms with Gasteiger partial charge in [-0.15, -0.1) is 0 Å². The molecular formula is C23H38N3O8S+. The molecule has 12 heteroatoms. The van der Waals surface area contributed by atoms with Gasteiger partial charge < -0.3 is 20.3 Å². The molecule has 4 aliphatic rings. The minimum atomic E-state index is -4.54. The summed E-state index contributed by atoms with van der Waals surface area (Å²) in [5.41, 5.74) is -1.02. The summed E-state index contributed by atoms with van der Waals surface area (Å²) in [5, 5.41) is 5.27. The molecule has 2 amide bonds. The molecule has 3 atom stereocenters. The molecule has 0 aromatic heterocycles. The third-order valence-corrected chi connectivity index (χ3v) is 8.73. The van der Waals surface area contributed by atoms with Crippen LogP contribution in [0, 0.1) is 11.3 Å². The second-order valence-corrected chi connectivity index (χ2v) is 11.5. The zero-order valence-electron chi connectivity index (χ0n) is 20.4. The number of carbonyl (C=O) groups is 3. The lowest BCUT2D eigenvalue weighted by atomic mass is 9.75. The SMILES string of the molecule is CCOC(=O)C1(COS(=O)(=O)OC2C(=O)N3C[C@H]2CC[C@H]3C(=O)NC2CC[NH2+]CC2)CCCCC1. The van der Waals surface area contributed by atoms with Gasteiger partial charge in [0.1, 0.15) is 6.04 Å². The Morgan fingerprint density at radius 1 is 1.11 bits per heavy atom. The number of piperidine rings is 2. The first-order chi connectivity index (χ1) is 16.7. The van der Waals surface area contributed by atoms with E-state index in [0.29, 0.717) is 25.7 Å². The molecule has 4 rings (SSSR count). The Morgan fingerprint density at radius 2 is 1.83 bits per heavy atom. The first kappa shape index (κ1) is 26.3.